The first-order valence-electron chi connectivity index (χ1n) is 14.9. The molecule has 0 amide bonds. The van der Waals surface area contributed by atoms with Gasteiger partial charge in [-0.2, -0.15) is 0 Å². The van der Waals surface area contributed by atoms with E-state index in [9.17, 15) is 9.00 Å². The zero-order valence-corrected chi connectivity index (χ0v) is 27.6. The van der Waals surface area contributed by atoms with Crippen LogP contribution in [0.25, 0.3) is 0 Å². The van der Waals surface area contributed by atoms with Crippen LogP contribution in [0.4, 0.5) is 0 Å². The van der Waals surface area contributed by atoms with E-state index < -0.39 is 17.0 Å². The number of methoxy groups -OCH3 is 2. The van der Waals surface area contributed by atoms with Crippen molar-refractivity contribution in [2.24, 2.45) is 0 Å². The summed E-state index contributed by atoms with van der Waals surface area (Å²) in [6.07, 6.45) is 1.60. The van der Waals surface area contributed by atoms with Crippen LogP contribution in [0, 0.1) is 6.92 Å². The minimum atomic E-state index is -1.78. The molecule has 42 heavy (non-hydrogen) atoms. The van der Waals surface area contributed by atoms with Crippen molar-refractivity contribution in [1.29, 1.82) is 0 Å². The Morgan fingerprint density at radius 1 is 0.881 bits per heavy atom. The molecular formula is C34H47NO6S. The Hall–Kier alpha value is -3.36. The molecule has 8 heteroatoms. The Labute approximate surface area is 254 Å². The monoisotopic (exact) mass is 597 g/mol. The van der Waals surface area contributed by atoms with Gasteiger partial charge in [0.1, 0.15) is 5.75 Å². The highest BCUT2D eigenvalue weighted by Crippen LogP contribution is 2.49. The fraction of sp³-hybridized carbons (Fsp3) is 0.441. The molecule has 0 aromatic heterocycles. The second kappa shape index (κ2) is 16.9. The molecule has 3 aromatic rings. The fourth-order valence-corrected chi connectivity index (χ4v) is 5.84. The number of rotatable bonds is 6. The van der Waals surface area contributed by atoms with Crippen molar-refractivity contribution in [2.45, 2.75) is 85.7 Å². The third-order valence-electron chi connectivity index (χ3n) is 6.82. The van der Waals surface area contributed by atoms with Crippen molar-refractivity contribution >= 4 is 17.0 Å². The number of benzene rings is 3. The van der Waals surface area contributed by atoms with Crippen molar-refractivity contribution in [3.8, 4) is 23.0 Å². The maximum atomic E-state index is 13.2. The van der Waals surface area contributed by atoms with E-state index in [4.69, 9.17) is 18.4 Å². The van der Waals surface area contributed by atoms with E-state index in [-0.39, 0.29) is 17.5 Å². The number of carbonyl (C=O) groups is 1. The van der Waals surface area contributed by atoms with E-state index in [2.05, 4.69) is 17.0 Å². The summed E-state index contributed by atoms with van der Waals surface area (Å²) in [5.41, 5.74) is 5.49. The van der Waals surface area contributed by atoms with Crippen LogP contribution in [0.3, 0.4) is 0 Å². The highest BCUT2D eigenvalue weighted by atomic mass is 32.2. The summed E-state index contributed by atoms with van der Waals surface area (Å²) in [5.74, 6) is 1.27. The first kappa shape index (κ1) is 34.8. The number of esters is 1. The molecule has 0 saturated carbocycles. The smallest absolute Gasteiger partial charge is 0.308 e. The third kappa shape index (κ3) is 7.92. The van der Waals surface area contributed by atoms with Crippen molar-refractivity contribution in [2.75, 3.05) is 20.8 Å². The lowest BCUT2D eigenvalue weighted by Gasteiger charge is -2.42. The molecule has 0 bridgehead atoms. The lowest BCUT2D eigenvalue weighted by molar-refractivity contribution is -0.132. The van der Waals surface area contributed by atoms with Gasteiger partial charge < -0.3 is 18.4 Å². The Kier molecular flexibility index (Phi) is 14.0. The van der Waals surface area contributed by atoms with Crippen LogP contribution in [-0.2, 0) is 35.3 Å². The minimum Gasteiger partial charge on any atom is -0.497 e. The van der Waals surface area contributed by atoms with Gasteiger partial charge in [0.05, 0.1) is 19.1 Å². The molecule has 0 radical (unpaired) electrons. The Morgan fingerprint density at radius 2 is 1.55 bits per heavy atom. The number of fused-ring (bicyclic) bond motifs is 4. The fourth-order valence-electron chi connectivity index (χ4n) is 5.05. The number of nitrogens with zero attached hydrogens (tertiary/aromatic N) is 1. The molecular weight excluding hydrogens is 550 g/mol. The summed E-state index contributed by atoms with van der Waals surface area (Å²) in [5, 5.41) is 0. The molecule has 0 aliphatic carbocycles. The second-order valence-corrected chi connectivity index (χ2v) is 10.2. The van der Waals surface area contributed by atoms with Gasteiger partial charge in [-0.3, -0.25) is 9.69 Å². The second-order valence-electron chi connectivity index (χ2n) is 9.10. The number of hydrogen-bond donors (Lipinski definition) is 0. The number of ether oxygens (including phenoxy) is 3. The maximum Gasteiger partial charge on any atom is 0.308 e. The van der Waals surface area contributed by atoms with Gasteiger partial charge in [-0.25, -0.2) is 4.21 Å². The molecule has 2 heterocycles. The van der Waals surface area contributed by atoms with Gasteiger partial charge in [-0.05, 0) is 66.8 Å². The Balaban J connectivity index is 0.000000966. The van der Waals surface area contributed by atoms with E-state index in [0.29, 0.717) is 23.6 Å². The molecule has 2 aliphatic heterocycles. The Bertz CT molecular complexity index is 1340. The van der Waals surface area contributed by atoms with E-state index in [0.717, 1.165) is 35.4 Å². The van der Waals surface area contributed by atoms with E-state index in [1.165, 1.54) is 25.2 Å². The first-order chi connectivity index (χ1) is 20.4. The van der Waals surface area contributed by atoms with Crippen LogP contribution >= 0.6 is 0 Å². The molecule has 2 atom stereocenters. The predicted octanol–water partition coefficient (Wildman–Crippen LogP) is 7.77. The first-order valence-corrected chi connectivity index (χ1v) is 15.9. The molecule has 7 nitrogen and oxygen atoms in total. The van der Waals surface area contributed by atoms with Gasteiger partial charge in [0.15, 0.2) is 11.5 Å². The summed E-state index contributed by atoms with van der Waals surface area (Å²) >= 11 is -1.78. The normalized spacial score (nSPS) is 15.2. The summed E-state index contributed by atoms with van der Waals surface area (Å²) in [4.78, 5) is 14.8. The summed E-state index contributed by atoms with van der Waals surface area (Å²) in [6, 6.07) is 15.6. The van der Waals surface area contributed by atoms with Gasteiger partial charge in [0.25, 0.3) is 0 Å². The third-order valence-corrected chi connectivity index (χ3v) is 7.80. The maximum absolute atomic E-state index is 13.2. The van der Waals surface area contributed by atoms with Crippen LogP contribution in [0.5, 0.6) is 23.0 Å². The van der Waals surface area contributed by atoms with Crippen LogP contribution in [0.1, 0.15) is 82.3 Å². The standard InChI is InChI=1S/C28H29NO6S.3C2H6/c1-17-5-8-22(9-6-17)36(31)35-27-24-16-29-12-11-19-13-21(32-3)7-10-23(19)25(29)14-20(24)15-26(28(27)33-4)34-18(2)30;3*1-2/h5-10,13,15,25H,11-12,14,16H2,1-4H3;3*1-2H3. The van der Waals surface area contributed by atoms with Gasteiger partial charge in [0, 0.05) is 31.6 Å². The topological polar surface area (TPSA) is 74.3 Å². The highest BCUT2D eigenvalue weighted by Gasteiger charge is 2.36. The van der Waals surface area contributed by atoms with Gasteiger partial charge in [0.2, 0.25) is 16.8 Å². The molecule has 5 rings (SSSR count). The van der Waals surface area contributed by atoms with Crippen LogP contribution in [0.15, 0.2) is 53.4 Å². The zero-order valence-electron chi connectivity index (χ0n) is 26.8. The average molecular weight is 598 g/mol. The minimum absolute atomic E-state index is 0.168. The summed E-state index contributed by atoms with van der Waals surface area (Å²) in [7, 11) is 3.17. The van der Waals surface area contributed by atoms with Gasteiger partial charge in [-0.1, -0.05) is 65.3 Å². The highest BCUT2D eigenvalue weighted by molar-refractivity contribution is 7.80. The van der Waals surface area contributed by atoms with Gasteiger partial charge >= 0.3 is 5.97 Å². The molecule has 0 spiro atoms. The largest absolute Gasteiger partial charge is 0.497 e. The van der Waals surface area contributed by atoms with Gasteiger partial charge in [-0.15, -0.1) is 0 Å². The molecule has 3 aromatic carbocycles. The predicted molar refractivity (Wildman–Crippen MR) is 170 cm³/mol. The molecule has 230 valence electrons. The lowest BCUT2D eigenvalue weighted by atomic mass is 9.83. The van der Waals surface area contributed by atoms with E-state index in [1.54, 1.807) is 19.2 Å². The van der Waals surface area contributed by atoms with E-state index >= 15 is 0 Å². The van der Waals surface area contributed by atoms with Crippen molar-refractivity contribution < 1.29 is 27.4 Å². The van der Waals surface area contributed by atoms with Crippen LogP contribution < -0.4 is 18.4 Å². The van der Waals surface area contributed by atoms with Crippen molar-refractivity contribution in [3.63, 3.8) is 0 Å². The van der Waals surface area contributed by atoms with E-state index in [1.807, 2.05) is 72.7 Å². The zero-order chi connectivity index (χ0) is 31.4. The summed E-state index contributed by atoms with van der Waals surface area (Å²) < 4.78 is 35.9. The number of aryl methyl sites for hydroxylation is 1. The van der Waals surface area contributed by atoms with Crippen molar-refractivity contribution in [3.05, 3.63) is 76.3 Å². The molecule has 2 unspecified atom stereocenters. The molecule has 0 saturated heterocycles. The van der Waals surface area contributed by atoms with Crippen LogP contribution in [0.2, 0.25) is 0 Å². The number of carbonyl (C=O) groups excluding carboxylic acids is 1. The molecule has 0 N–H and O–H groups in total. The van der Waals surface area contributed by atoms with Crippen molar-refractivity contribution in [1.82, 2.24) is 4.90 Å². The molecule has 2 aliphatic rings. The number of hydrogen-bond acceptors (Lipinski definition) is 7. The quantitative estimate of drug-likeness (QED) is 0.212. The Morgan fingerprint density at radius 3 is 2.14 bits per heavy atom. The average Bonchev–Trinajstić information content (AvgIpc) is 3.03. The van der Waals surface area contributed by atoms with Crippen LogP contribution in [-0.4, -0.2) is 35.8 Å². The summed E-state index contributed by atoms with van der Waals surface area (Å²) in [6.45, 7) is 16.8. The molecule has 0 fully saturated rings. The SMILES string of the molecule is CC.CC.CC.COc1ccc2c(c1)CCN1Cc3c(cc(OC(C)=O)c(OC)c3OS(=O)c3ccc(C)cc3)CC21. The lowest BCUT2D eigenvalue weighted by Crippen LogP contribution is -2.39.